The van der Waals surface area contributed by atoms with Gasteiger partial charge in [-0.1, -0.05) is 28.1 Å². The molecule has 0 N–H and O–H groups in total. The van der Waals surface area contributed by atoms with Crippen LogP contribution in [0.4, 0.5) is 13.2 Å². The number of alkyl halides is 3. The molecule has 0 aliphatic rings. The second-order valence-corrected chi connectivity index (χ2v) is 3.75. The van der Waals surface area contributed by atoms with Crippen LogP contribution >= 0.6 is 15.9 Å². The van der Waals surface area contributed by atoms with Gasteiger partial charge in [-0.15, -0.1) is 0 Å². The van der Waals surface area contributed by atoms with Crippen LogP contribution in [-0.4, -0.2) is 11.1 Å². The molecule has 0 radical (unpaired) electrons. The Morgan fingerprint density at radius 1 is 1.44 bits per heavy atom. The van der Waals surface area contributed by atoms with Crippen molar-refractivity contribution >= 4 is 21.5 Å². The van der Waals surface area contributed by atoms with Gasteiger partial charge in [-0.25, -0.2) is 0 Å². The van der Waals surface area contributed by atoms with E-state index in [-0.39, 0.29) is 11.8 Å². The van der Waals surface area contributed by atoms with Crippen LogP contribution in [0, 0.1) is 10.1 Å². The zero-order valence-corrected chi connectivity index (χ0v) is 9.25. The van der Waals surface area contributed by atoms with Crippen LogP contribution in [0.15, 0.2) is 34.9 Å². The van der Waals surface area contributed by atoms with E-state index in [1.54, 1.807) is 0 Å². The van der Waals surface area contributed by atoms with Crippen molar-refractivity contribution < 1.29 is 18.1 Å². The monoisotopic (exact) mass is 295 g/mol. The maximum absolute atomic E-state index is 12.5. The summed E-state index contributed by atoms with van der Waals surface area (Å²) in [4.78, 5) is 9.01. The van der Waals surface area contributed by atoms with Crippen molar-refractivity contribution in [1.82, 2.24) is 0 Å². The van der Waals surface area contributed by atoms with E-state index in [9.17, 15) is 23.3 Å². The van der Waals surface area contributed by atoms with Crippen LogP contribution in [0.3, 0.4) is 0 Å². The van der Waals surface area contributed by atoms with E-state index in [0.29, 0.717) is 4.47 Å². The van der Waals surface area contributed by atoms with Gasteiger partial charge in [0, 0.05) is 4.47 Å². The molecular formula is C9H5BrF3NO2. The van der Waals surface area contributed by atoms with Gasteiger partial charge in [-0.2, -0.15) is 13.2 Å². The van der Waals surface area contributed by atoms with Crippen molar-refractivity contribution in [2.24, 2.45) is 0 Å². The topological polar surface area (TPSA) is 43.1 Å². The number of rotatable bonds is 2. The Labute approximate surface area is 96.9 Å². The Bertz CT molecular complexity index is 443. The molecule has 0 saturated heterocycles. The Hall–Kier alpha value is -1.37. The van der Waals surface area contributed by atoms with Crippen LogP contribution in [0.2, 0.25) is 0 Å². The highest BCUT2D eigenvalue weighted by atomic mass is 79.9. The molecule has 0 aromatic heterocycles. The summed E-state index contributed by atoms with van der Waals surface area (Å²) in [6.45, 7) is 0. The number of allylic oxidation sites excluding steroid dienone is 1. The molecule has 1 aromatic rings. The van der Waals surface area contributed by atoms with Gasteiger partial charge < -0.3 is 0 Å². The van der Waals surface area contributed by atoms with E-state index >= 15 is 0 Å². The molecule has 16 heavy (non-hydrogen) atoms. The largest absolute Gasteiger partial charge is 0.422 e. The molecular weight excluding hydrogens is 291 g/mol. The summed E-state index contributed by atoms with van der Waals surface area (Å²) in [5, 5.41) is 10.1. The molecule has 7 heteroatoms. The number of benzene rings is 1. The molecule has 3 nitrogen and oxygen atoms in total. The zero-order chi connectivity index (χ0) is 12.3. The molecule has 0 aliphatic carbocycles. The predicted octanol–water partition coefficient (Wildman–Crippen LogP) is 3.63. The van der Waals surface area contributed by atoms with E-state index in [0.717, 1.165) is 6.07 Å². The number of nitrogens with zero attached hydrogens (tertiary/aromatic N) is 1. The lowest BCUT2D eigenvalue weighted by Gasteiger charge is -2.09. The molecule has 1 rings (SSSR count). The fraction of sp³-hybridized carbons (Fsp3) is 0.111. The van der Waals surface area contributed by atoms with Crippen LogP contribution in [0.25, 0.3) is 5.57 Å². The van der Waals surface area contributed by atoms with Crippen molar-refractivity contribution in [1.29, 1.82) is 0 Å². The van der Waals surface area contributed by atoms with Crippen molar-refractivity contribution in [3.05, 3.63) is 50.6 Å². The minimum absolute atomic E-state index is 0.0399. The number of hydrogen-bond donors (Lipinski definition) is 0. The molecule has 0 saturated carbocycles. The third-order valence-corrected chi connectivity index (χ3v) is 2.17. The van der Waals surface area contributed by atoms with Crippen molar-refractivity contribution in [2.75, 3.05) is 0 Å². The van der Waals surface area contributed by atoms with Crippen LogP contribution < -0.4 is 0 Å². The van der Waals surface area contributed by atoms with Crippen LogP contribution in [-0.2, 0) is 0 Å². The zero-order valence-electron chi connectivity index (χ0n) is 7.66. The van der Waals surface area contributed by atoms with Crippen molar-refractivity contribution in [3.8, 4) is 0 Å². The summed E-state index contributed by atoms with van der Waals surface area (Å²) < 4.78 is 37.9. The van der Waals surface area contributed by atoms with E-state index in [1.807, 2.05) is 0 Å². The minimum atomic E-state index is -4.76. The number of hydrogen-bond acceptors (Lipinski definition) is 2. The molecule has 0 fully saturated rings. The lowest BCUT2D eigenvalue weighted by molar-refractivity contribution is -0.402. The smallest absolute Gasteiger partial charge is 0.259 e. The molecule has 0 amide bonds. The molecule has 0 bridgehead atoms. The summed E-state index contributed by atoms with van der Waals surface area (Å²) in [5.41, 5.74) is -1.53. The third-order valence-electron chi connectivity index (χ3n) is 1.68. The van der Waals surface area contributed by atoms with E-state index in [2.05, 4.69) is 15.9 Å². The molecule has 0 aliphatic heterocycles. The molecule has 1 aromatic carbocycles. The normalized spacial score (nSPS) is 12.6. The Balaban J connectivity index is 3.28. The van der Waals surface area contributed by atoms with Gasteiger partial charge in [0.05, 0.1) is 4.92 Å². The predicted molar refractivity (Wildman–Crippen MR) is 55.2 cm³/mol. The number of halogens is 4. The molecule has 0 unspecified atom stereocenters. The highest BCUT2D eigenvalue weighted by Crippen LogP contribution is 2.34. The van der Waals surface area contributed by atoms with Gasteiger partial charge in [0.2, 0.25) is 6.20 Å². The Morgan fingerprint density at radius 2 is 2.06 bits per heavy atom. The van der Waals surface area contributed by atoms with E-state index in [1.165, 1.54) is 18.2 Å². The average molecular weight is 296 g/mol. The fourth-order valence-corrected chi connectivity index (χ4v) is 1.47. The Morgan fingerprint density at radius 3 is 2.50 bits per heavy atom. The SMILES string of the molecule is O=[N+]([O-])C=C(c1cccc(Br)c1)C(F)(F)F. The standard InChI is InChI=1S/C9H5BrF3NO2/c10-7-3-1-2-6(4-7)8(5-14(15)16)9(11,12)13/h1-5H. The summed E-state index contributed by atoms with van der Waals surface area (Å²) >= 11 is 3.00. The van der Waals surface area contributed by atoms with Gasteiger partial charge in [0.25, 0.3) is 0 Å². The lowest BCUT2D eigenvalue weighted by atomic mass is 10.1. The highest BCUT2D eigenvalue weighted by molar-refractivity contribution is 9.10. The quantitative estimate of drug-likeness (QED) is 0.618. The Kier molecular flexibility index (Phi) is 3.69. The van der Waals surface area contributed by atoms with Gasteiger partial charge in [-0.05, 0) is 17.7 Å². The lowest BCUT2D eigenvalue weighted by Crippen LogP contribution is -2.12. The van der Waals surface area contributed by atoms with Crippen molar-refractivity contribution in [3.63, 3.8) is 0 Å². The minimum Gasteiger partial charge on any atom is -0.259 e. The number of nitro groups is 1. The summed E-state index contributed by atoms with van der Waals surface area (Å²) in [6, 6.07) is 5.24. The fourth-order valence-electron chi connectivity index (χ4n) is 1.07. The van der Waals surface area contributed by atoms with Gasteiger partial charge in [-0.3, -0.25) is 10.1 Å². The van der Waals surface area contributed by atoms with E-state index in [4.69, 9.17) is 0 Å². The molecule has 86 valence electrons. The third kappa shape index (κ3) is 3.34. The maximum Gasteiger partial charge on any atom is 0.422 e. The summed E-state index contributed by atoms with van der Waals surface area (Å²) in [7, 11) is 0. The first kappa shape index (κ1) is 12.7. The summed E-state index contributed by atoms with van der Waals surface area (Å²) in [5.74, 6) is 0. The molecule has 0 heterocycles. The van der Waals surface area contributed by atoms with Gasteiger partial charge in [0.15, 0.2) is 0 Å². The highest BCUT2D eigenvalue weighted by Gasteiger charge is 2.37. The van der Waals surface area contributed by atoms with E-state index < -0.39 is 16.7 Å². The second-order valence-electron chi connectivity index (χ2n) is 2.84. The van der Waals surface area contributed by atoms with Gasteiger partial charge in [0.1, 0.15) is 5.57 Å². The van der Waals surface area contributed by atoms with Crippen LogP contribution in [0.1, 0.15) is 5.56 Å². The van der Waals surface area contributed by atoms with Crippen LogP contribution in [0.5, 0.6) is 0 Å². The maximum atomic E-state index is 12.5. The van der Waals surface area contributed by atoms with Gasteiger partial charge >= 0.3 is 6.18 Å². The molecule has 0 spiro atoms. The first-order valence-electron chi connectivity index (χ1n) is 3.99. The van der Waals surface area contributed by atoms with Crippen molar-refractivity contribution in [2.45, 2.75) is 6.18 Å². The second kappa shape index (κ2) is 4.65. The first-order chi connectivity index (χ1) is 7.30. The average Bonchev–Trinajstić information content (AvgIpc) is 2.12. The first-order valence-corrected chi connectivity index (χ1v) is 4.78. The molecule has 0 atom stereocenters. The summed E-state index contributed by atoms with van der Waals surface area (Å²) in [6.07, 6.45) is -4.80.